The quantitative estimate of drug-likeness (QED) is 0.0628. The number of carbonyl (C=O) groups is 1. The minimum absolute atomic E-state index is 0.00467. The maximum atomic E-state index is 15.1. The molecule has 0 aliphatic carbocycles. The van der Waals surface area contributed by atoms with Gasteiger partial charge in [-0.2, -0.15) is 5.10 Å². The number of hydrogen-bond donors (Lipinski definition) is 0. The summed E-state index contributed by atoms with van der Waals surface area (Å²) in [5.41, 5.74) is 2.77. The van der Waals surface area contributed by atoms with Gasteiger partial charge in [-0.3, -0.25) is 4.90 Å². The Labute approximate surface area is 401 Å². The minimum Gasteiger partial charge on any atom is -0.496 e. The van der Waals surface area contributed by atoms with Gasteiger partial charge in [-0.1, -0.05) is 89.5 Å². The second kappa shape index (κ2) is 22.1. The number of amides is 2. The molecule has 5 aromatic rings. The number of carbonyl (C=O) groups excluding carboxylic acids is 1. The summed E-state index contributed by atoms with van der Waals surface area (Å²) in [6.07, 6.45) is 13.0. The van der Waals surface area contributed by atoms with Crippen LogP contribution in [0.1, 0.15) is 109 Å². The Bertz CT molecular complexity index is 2370. The van der Waals surface area contributed by atoms with E-state index in [-0.39, 0.29) is 43.4 Å². The van der Waals surface area contributed by atoms with Crippen LogP contribution in [0.2, 0.25) is 0 Å². The zero-order valence-corrected chi connectivity index (χ0v) is 40.5. The van der Waals surface area contributed by atoms with Crippen molar-refractivity contribution in [1.82, 2.24) is 19.7 Å². The highest BCUT2D eigenvalue weighted by atomic mass is 19.1. The van der Waals surface area contributed by atoms with Gasteiger partial charge in [0.15, 0.2) is 6.29 Å². The molecule has 12 nitrogen and oxygen atoms in total. The van der Waals surface area contributed by atoms with Crippen molar-refractivity contribution in [2.75, 3.05) is 61.2 Å². The van der Waals surface area contributed by atoms with Crippen LogP contribution in [0.4, 0.5) is 30.6 Å². The van der Waals surface area contributed by atoms with Crippen molar-refractivity contribution in [2.45, 2.75) is 128 Å². The molecule has 68 heavy (non-hydrogen) atoms. The number of hydrogen-bond acceptors (Lipinski definition) is 9. The highest BCUT2D eigenvalue weighted by Gasteiger charge is 2.58. The Morgan fingerprint density at radius 1 is 0.794 bits per heavy atom. The second-order valence-electron chi connectivity index (χ2n) is 18.9. The van der Waals surface area contributed by atoms with Gasteiger partial charge in [0.2, 0.25) is 0 Å². The Morgan fingerprint density at radius 3 is 2.01 bits per heavy atom. The predicted molar refractivity (Wildman–Crippen MR) is 263 cm³/mol. The molecule has 0 saturated carbocycles. The molecule has 3 fully saturated rings. The molecule has 0 spiro atoms. The Kier molecular flexibility index (Phi) is 15.9. The van der Waals surface area contributed by atoms with E-state index in [9.17, 15) is 4.39 Å². The van der Waals surface area contributed by atoms with E-state index in [1.807, 2.05) is 24.3 Å². The molecule has 4 aromatic carbocycles. The number of aromatic nitrogens is 3. The smallest absolute Gasteiger partial charge is 0.325 e. The molecule has 3 aliphatic rings. The third-order valence-electron chi connectivity index (χ3n) is 14.1. The van der Waals surface area contributed by atoms with E-state index < -0.39 is 29.1 Å². The van der Waals surface area contributed by atoms with E-state index in [0.717, 1.165) is 112 Å². The molecule has 4 heterocycles. The number of halogens is 2. The molecule has 0 radical (unpaired) electrons. The van der Waals surface area contributed by atoms with E-state index >= 15 is 9.18 Å². The van der Waals surface area contributed by atoms with Crippen molar-refractivity contribution in [1.29, 1.82) is 0 Å². The van der Waals surface area contributed by atoms with Gasteiger partial charge in [0.25, 0.3) is 0 Å². The molecule has 3 atom stereocenters. The van der Waals surface area contributed by atoms with Gasteiger partial charge in [0.05, 0.1) is 31.8 Å². The summed E-state index contributed by atoms with van der Waals surface area (Å²) < 4.78 is 54.9. The molecule has 0 unspecified atom stereocenters. The van der Waals surface area contributed by atoms with E-state index in [4.69, 9.17) is 18.9 Å². The van der Waals surface area contributed by atoms with Crippen molar-refractivity contribution >= 4 is 23.1 Å². The average molecular weight is 934 g/mol. The van der Waals surface area contributed by atoms with Crippen LogP contribution in [0.5, 0.6) is 11.5 Å². The largest absolute Gasteiger partial charge is 0.496 e. The first kappa shape index (κ1) is 48.7. The summed E-state index contributed by atoms with van der Waals surface area (Å²) in [5, 5.41) is 4.17. The summed E-state index contributed by atoms with van der Waals surface area (Å²) in [7, 11) is 1.74. The van der Waals surface area contributed by atoms with Crippen LogP contribution in [0.3, 0.4) is 0 Å². The van der Waals surface area contributed by atoms with Crippen molar-refractivity contribution < 1.29 is 32.5 Å². The summed E-state index contributed by atoms with van der Waals surface area (Å²) in [6.45, 7) is 12.4. The summed E-state index contributed by atoms with van der Waals surface area (Å²) >= 11 is 0. The van der Waals surface area contributed by atoms with Crippen LogP contribution < -0.4 is 24.2 Å². The first-order chi connectivity index (χ1) is 33.1. The lowest BCUT2D eigenvalue weighted by molar-refractivity contribution is -0.117. The molecule has 0 N–H and O–H groups in total. The number of benzene rings is 4. The fraction of sp³-hybridized carbons (Fsp3) is 0.500. The first-order valence-electron chi connectivity index (χ1n) is 24.8. The lowest BCUT2D eigenvalue weighted by Gasteiger charge is -2.43. The van der Waals surface area contributed by atoms with Crippen molar-refractivity contribution in [3.8, 4) is 11.5 Å². The molecule has 1 aromatic heterocycles. The SMILES string of the molecule is CCCCCCC1(CCCCCC)[C@H](c2ccccc2OC)N(C(C)C)C(=O)N1c1ccc(N2CCN(c3ccc(OC[C@H]4OC[C@](Cn5cncn5)(c5ccc(F)cc5F)O4)cc3)CC2)cc1. The molecule has 0 bridgehead atoms. The van der Waals surface area contributed by atoms with Gasteiger partial charge in [-0.25, -0.2) is 23.2 Å². The Hall–Kier alpha value is -5.73. The Balaban J connectivity index is 0.930. The van der Waals surface area contributed by atoms with E-state index in [0.29, 0.717) is 5.75 Å². The van der Waals surface area contributed by atoms with Crippen LogP contribution in [-0.4, -0.2) is 90.1 Å². The van der Waals surface area contributed by atoms with Gasteiger partial charge in [0.1, 0.15) is 48.0 Å². The first-order valence-corrected chi connectivity index (χ1v) is 24.8. The van der Waals surface area contributed by atoms with Gasteiger partial charge < -0.3 is 33.6 Å². The zero-order chi connectivity index (χ0) is 47.7. The van der Waals surface area contributed by atoms with Gasteiger partial charge in [0, 0.05) is 66.5 Å². The number of anilines is 3. The van der Waals surface area contributed by atoms with Crippen molar-refractivity contribution in [3.05, 3.63) is 126 Å². The van der Waals surface area contributed by atoms with Crippen LogP contribution in [-0.2, 0) is 21.6 Å². The molecule has 3 aliphatic heterocycles. The molecule has 14 heteroatoms. The number of rotatable bonds is 22. The highest BCUT2D eigenvalue weighted by Crippen LogP contribution is 2.54. The van der Waals surface area contributed by atoms with Crippen LogP contribution in [0.25, 0.3) is 0 Å². The fourth-order valence-electron chi connectivity index (χ4n) is 10.7. The number of methoxy groups -OCH3 is 1. The van der Waals surface area contributed by atoms with Gasteiger partial charge in [-0.05, 0) is 87.4 Å². The molecular weight excluding hydrogens is 865 g/mol. The summed E-state index contributed by atoms with van der Waals surface area (Å²) in [4.78, 5) is 28.2. The predicted octanol–water partition coefficient (Wildman–Crippen LogP) is 11.3. The molecule has 2 amide bonds. The number of para-hydroxylation sites is 1. The minimum atomic E-state index is -1.25. The van der Waals surface area contributed by atoms with Crippen LogP contribution in [0, 0.1) is 11.6 Å². The molecule has 8 rings (SSSR count). The monoisotopic (exact) mass is 934 g/mol. The maximum Gasteiger partial charge on any atom is 0.325 e. The maximum absolute atomic E-state index is 15.1. The number of nitrogens with zero attached hydrogens (tertiary/aromatic N) is 7. The van der Waals surface area contributed by atoms with Crippen molar-refractivity contribution in [3.63, 3.8) is 0 Å². The summed E-state index contributed by atoms with van der Waals surface area (Å²) in [6, 6.07) is 28.4. The van der Waals surface area contributed by atoms with E-state index in [1.165, 1.54) is 42.3 Å². The molecule has 364 valence electrons. The van der Waals surface area contributed by atoms with Crippen LogP contribution in [0.15, 0.2) is 104 Å². The Morgan fingerprint density at radius 2 is 1.43 bits per heavy atom. The standard InChI is InChI=1S/C54H69F2N7O5/c1-6-8-10-14-28-53(29-15-11-9-7-2)51(46-16-12-13-17-49(46)65-5)62(40(3)4)52(64)63(53)44-21-19-42(20-22-44)59-30-32-60(33-31-59)43-23-25-45(26-24-43)66-35-50-67-37-54(68-50,36-61-39-57-38-58-61)47-27-18-41(55)34-48(47)56/h12-13,16-27,34,38-40,50-51H,6-11,14-15,28-33,35-37H2,1-5H3/t50-,51-,54+/m0/s1. The topological polar surface area (TPSA) is 97.7 Å². The average Bonchev–Trinajstić information content (AvgIpc) is 4.09. The van der Waals surface area contributed by atoms with Gasteiger partial charge in [-0.15, -0.1) is 0 Å². The molecular formula is C54H69F2N7O5. The van der Waals surface area contributed by atoms with Gasteiger partial charge >= 0.3 is 6.03 Å². The number of piperazine rings is 1. The lowest BCUT2D eigenvalue weighted by Crippen LogP contribution is -2.49. The van der Waals surface area contributed by atoms with E-state index in [1.54, 1.807) is 7.11 Å². The fourth-order valence-corrected chi connectivity index (χ4v) is 10.7. The summed E-state index contributed by atoms with van der Waals surface area (Å²) in [5.74, 6) is 0.0876. The third-order valence-corrected chi connectivity index (χ3v) is 14.1. The molecule has 3 saturated heterocycles. The normalized spacial score (nSPS) is 20.5. The lowest BCUT2D eigenvalue weighted by atomic mass is 9.76. The zero-order valence-electron chi connectivity index (χ0n) is 40.5. The number of ether oxygens (including phenoxy) is 4. The highest BCUT2D eigenvalue weighted by molar-refractivity contribution is 5.97. The second-order valence-corrected chi connectivity index (χ2v) is 18.9. The number of unbranched alkanes of at least 4 members (excludes halogenated alkanes) is 6. The van der Waals surface area contributed by atoms with Crippen LogP contribution >= 0.6 is 0 Å². The van der Waals surface area contributed by atoms with E-state index in [2.05, 4.69) is 106 Å². The third kappa shape index (κ3) is 10.5. The van der Waals surface area contributed by atoms with Crippen molar-refractivity contribution in [2.24, 2.45) is 0 Å². The number of urea groups is 1.